The largest absolute Gasteiger partial charge is 0.382 e. The van der Waals surface area contributed by atoms with Crippen molar-refractivity contribution in [2.24, 2.45) is 5.92 Å². The first-order valence-electron chi connectivity index (χ1n) is 7.74. The molecule has 1 aliphatic heterocycles. The molecule has 0 saturated carbocycles. The van der Waals surface area contributed by atoms with Crippen LogP contribution in [0.2, 0.25) is 0 Å². The molecule has 0 aliphatic carbocycles. The van der Waals surface area contributed by atoms with Crippen LogP contribution in [-0.4, -0.2) is 37.2 Å². The molecular formula is C17H28N2O. The molecule has 112 valence electrons. The summed E-state index contributed by atoms with van der Waals surface area (Å²) >= 11 is 0. The first kappa shape index (κ1) is 15.3. The molecule has 2 rings (SSSR count). The second-order valence-electron chi connectivity index (χ2n) is 6.05. The molecule has 1 aromatic rings. The van der Waals surface area contributed by atoms with Gasteiger partial charge in [0.2, 0.25) is 0 Å². The molecule has 1 aromatic carbocycles. The molecule has 1 fully saturated rings. The fourth-order valence-corrected chi connectivity index (χ4v) is 2.94. The van der Waals surface area contributed by atoms with Crippen LogP contribution in [0.5, 0.6) is 0 Å². The Morgan fingerprint density at radius 2 is 2.05 bits per heavy atom. The first-order chi connectivity index (χ1) is 9.61. The number of nitrogens with one attached hydrogen (secondary N) is 1. The summed E-state index contributed by atoms with van der Waals surface area (Å²) in [6, 6.07) is 9.69. The molecule has 1 saturated heterocycles. The van der Waals surface area contributed by atoms with Gasteiger partial charge in [0.05, 0.1) is 6.61 Å². The third-order valence-electron chi connectivity index (χ3n) is 4.43. The summed E-state index contributed by atoms with van der Waals surface area (Å²) in [5.41, 5.74) is 2.49. The minimum absolute atomic E-state index is 0.545. The molecule has 0 spiro atoms. The third kappa shape index (κ3) is 3.74. The molecule has 3 nitrogen and oxygen atoms in total. The Hall–Kier alpha value is -1.06. The van der Waals surface area contributed by atoms with Gasteiger partial charge in [0.25, 0.3) is 0 Å². The van der Waals surface area contributed by atoms with Crippen molar-refractivity contribution in [1.29, 1.82) is 0 Å². The lowest BCUT2D eigenvalue weighted by Crippen LogP contribution is -2.48. The van der Waals surface area contributed by atoms with Gasteiger partial charge in [-0.05, 0) is 39.3 Å². The lowest BCUT2D eigenvalue weighted by molar-refractivity contribution is 0.133. The average molecular weight is 276 g/mol. The molecule has 1 N–H and O–H groups in total. The molecule has 1 heterocycles. The summed E-state index contributed by atoms with van der Waals surface area (Å²) < 4.78 is 5.57. The van der Waals surface area contributed by atoms with Gasteiger partial charge in [-0.15, -0.1) is 0 Å². The van der Waals surface area contributed by atoms with Gasteiger partial charge >= 0.3 is 0 Å². The number of hydrogen-bond acceptors (Lipinski definition) is 3. The number of likely N-dealkylation sites (tertiary alicyclic amines) is 1. The Bertz CT molecular complexity index is 421. The van der Waals surface area contributed by atoms with Gasteiger partial charge in [0, 0.05) is 36.5 Å². The Kier molecular flexibility index (Phi) is 5.44. The quantitative estimate of drug-likeness (QED) is 0.892. The fourth-order valence-electron chi connectivity index (χ4n) is 2.94. The summed E-state index contributed by atoms with van der Waals surface area (Å²) in [6.45, 7) is 9.30. The van der Waals surface area contributed by atoms with Crippen molar-refractivity contribution in [2.75, 3.05) is 25.5 Å². The predicted molar refractivity (Wildman–Crippen MR) is 85.1 cm³/mol. The van der Waals surface area contributed by atoms with Crippen molar-refractivity contribution in [3.8, 4) is 0 Å². The van der Waals surface area contributed by atoms with Crippen molar-refractivity contribution >= 4 is 5.69 Å². The van der Waals surface area contributed by atoms with E-state index in [0.717, 1.165) is 13.2 Å². The SMILES string of the molecule is CCOCc1ccccc1NC1CC(C)N(C)CC1C. The van der Waals surface area contributed by atoms with Gasteiger partial charge < -0.3 is 15.0 Å². The van der Waals surface area contributed by atoms with Crippen LogP contribution in [0.25, 0.3) is 0 Å². The van der Waals surface area contributed by atoms with Crippen LogP contribution in [0.3, 0.4) is 0 Å². The van der Waals surface area contributed by atoms with Crippen molar-refractivity contribution in [3.63, 3.8) is 0 Å². The zero-order chi connectivity index (χ0) is 14.5. The van der Waals surface area contributed by atoms with E-state index in [1.807, 2.05) is 6.92 Å². The lowest BCUT2D eigenvalue weighted by Gasteiger charge is -2.40. The van der Waals surface area contributed by atoms with E-state index in [9.17, 15) is 0 Å². The van der Waals surface area contributed by atoms with E-state index in [1.165, 1.54) is 17.7 Å². The van der Waals surface area contributed by atoms with Crippen LogP contribution in [-0.2, 0) is 11.3 Å². The minimum atomic E-state index is 0.545. The van der Waals surface area contributed by atoms with Gasteiger partial charge in [0.1, 0.15) is 0 Å². The van der Waals surface area contributed by atoms with E-state index < -0.39 is 0 Å². The Morgan fingerprint density at radius 3 is 2.80 bits per heavy atom. The standard InChI is InChI=1S/C17H28N2O/c1-5-20-12-15-8-6-7-9-16(15)18-17-10-14(3)19(4)11-13(17)2/h6-9,13-14,17-18H,5,10-12H2,1-4H3. The number of piperidine rings is 1. The van der Waals surface area contributed by atoms with Crippen molar-refractivity contribution in [2.45, 2.75) is 45.9 Å². The molecule has 20 heavy (non-hydrogen) atoms. The highest BCUT2D eigenvalue weighted by molar-refractivity contribution is 5.51. The molecular weight excluding hydrogens is 248 g/mol. The van der Waals surface area contributed by atoms with E-state index in [-0.39, 0.29) is 0 Å². The highest BCUT2D eigenvalue weighted by atomic mass is 16.5. The van der Waals surface area contributed by atoms with Gasteiger partial charge in [-0.1, -0.05) is 25.1 Å². The van der Waals surface area contributed by atoms with Crippen LogP contribution in [0, 0.1) is 5.92 Å². The maximum atomic E-state index is 5.57. The summed E-state index contributed by atoms with van der Waals surface area (Å²) in [5, 5.41) is 3.75. The second-order valence-corrected chi connectivity index (χ2v) is 6.05. The Morgan fingerprint density at radius 1 is 1.30 bits per heavy atom. The smallest absolute Gasteiger partial charge is 0.0736 e. The van der Waals surface area contributed by atoms with Crippen LogP contribution in [0.1, 0.15) is 32.8 Å². The Balaban J connectivity index is 2.05. The molecule has 3 unspecified atom stereocenters. The summed E-state index contributed by atoms with van der Waals surface area (Å²) in [4.78, 5) is 2.45. The maximum absolute atomic E-state index is 5.57. The lowest BCUT2D eigenvalue weighted by atomic mass is 9.89. The summed E-state index contributed by atoms with van der Waals surface area (Å²) in [7, 11) is 2.22. The topological polar surface area (TPSA) is 24.5 Å². The normalized spacial score (nSPS) is 27.5. The third-order valence-corrected chi connectivity index (χ3v) is 4.43. The van der Waals surface area contributed by atoms with Crippen LogP contribution >= 0.6 is 0 Å². The van der Waals surface area contributed by atoms with E-state index >= 15 is 0 Å². The molecule has 1 aliphatic rings. The number of anilines is 1. The summed E-state index contributed by atoms with van der Waals surface area (Å²) in [5.74, 6) is 0.663. The van der Waals surface area contributed by atoms with Gasteiger partial charge in [-0.3, -0.25) is 0 Å². The minimum Gasteiger partial charge on any atom is -0.382 e. The fraction of sp³-hybridized carbons (Fsp3) is 0.647. The van der Waals surface area contributed by atoms with Crippen LogP contribution < -0.4 is 5.32 Å². The number of benzene rings is 1. The van der Waals surface area contributed by atoms with E-state index in [2.05, 4.69) is 55.4 Å². The van der Waals surface area contributed by atoms with Crippen LogP contribution in [0.4, 0.5) is 5.69 Å². The first-order valence-corrected chi connectivity index (χ1v) is 7.74. The predicted octanol–water partition coefficient (Wildman–Crippen LogP) is 3.36. The summed E-state index contributed by atoms with van der Waals surface area (Å²) in [6.07, 6.45) is 1.20. The molecule has 0 aromatic heterocycles. The van der Waals surface area contributed by atoms with Gasteiger partial charge in [0.15, 0.2) is 0 Å². The number of nitrogens with zero attached hydrogens (tertiary/aromatic N) is 1. The molecule has 0 radical (unpaired) electrons. The van der Waals surface area contributed by atoms with E-state index in [0.29, 0.717) is 24.6 Å². The zero-order valence-corrected chi connectivity index (χ0v) is 13.2. The Labute approximate surface area is 123 Å². The second kappa shape index (κ2) is 7.09. The number of ether oxygens (including phenoxy) is 1. The van der Waals surface area contributed by atoms with Crippen LogP contribution in [0.15, 0.2) is 24.3 Å². The number of rotatable bonds is 5. The number of para-hydroxylation sites is 1. The molecule has 3 atom stereocenters. The highest BCUT2D eigenvalue weighted by Gasteiger charge is 2.28. The molecule has 0 amide bonds. The molecule has 0 bridgehead atoms. The number of hydrogen-bond donors (Lipinski definition) is 1. The van der Waals surface area contributed by atoms with Crippen molar-refractivity contribution in [1.82, 2.24) is 4.90 Å². The highest BCUT2D eigenvalue weighted by Crippen LogP contribution is 2.26. The van der Waals surface area contributed by atoms with Gasteiger partial charge in [-0.2, -0.15) is 0 Å². The van der Waals surface area contributed by atoms with Gasteiger partial charge in [-0.25, -0.2) is 0 Å². The maximum Gasteiger partial charge on any atom is 0.0736 e. The van der Waals surface area contributed by atoms with Crippen molar-refractivity contribution < 1.29 is 4.74 Å². The monoisotopic (exact) mass is 276 g/mol. The van der Waals surface area contributed by atoms with Crippen molar-refractivity contribution in [3.05, 3.63) is 29.8 Å². The zero-order valence-electron chi connectivity index (χ0n) is 13.2. The average Bonchev–Trinajstić information content (AvgIpc) is 2.44. The molecule has 3 heteroatoms. The van der Waals surface area contributed by atoms with E-state index in [1.54, 1.807) is 0 Å². The van der Waals surface area contributed by atoms with E-state index in [4.69, 9.17) is 4.74 Å².